The molecule has 0 aliphatic carbocycles. The van der Waals surface area contributed by atoms with Crippen LogP contribution in [0.15, 0.2) is 42.5 Å². The SMILES string of the molecule is Clc1cc2c(cc1NCc1nnnn1-c1ccccc1)OCCCO2. The van der Waals surface area contributed by atoms with Gasteiger partial charge in [-0.05, 0) is 22.6 Å². The third-order valence-corrected chi connectivity index (χ3v) is 4.12. The van der Waals surface area contributed by atoms with E-state index in [1.165, 1.54) is 0 Å². The van der Waals surface area contributed by atoms with Crippen molar-refractivity contribution in [1.82, 2.24) is 20.2 Å². The Morgan fingerprint density at radius 3 is 2.64 bits per heavy atom. The average molecular weight is 358 g/mol. The van der Waals surface area contributed by atoms with Crippen LogP contribution >= 0.6 is 11.6 Å². The van der Waals surface area contributed by atoms with Gasteiger partial charge in [-0.3, -0.25) is 0 Å². The molecule has 2 aromatic carbocycles. The van der Waals surface area contributed by atoms with E-state index in [0.717, 1.165) is 17.8 Å². The van der Waals surface area contributed by atoms with Crippen LogP contribution in [0.1, 0.15) is 12.2 Å². The second-order valence-electron chi connectivity index (χ2n) is 5.53. The molecule has 1 aliphatic rings. The molecule has 3 aromatic rings. The first kappa shape index (κ1) is 15.7. The number of fused-ring (bicyclic) bond motifs is 1. The van der Waals surface area contributed by atoms with Crippen molar-refractivity contribution < 1.29 is 9.47 Å². The topological polar surface area (TPSA) is 74.1 Å². The third kappa shape index (κ3) is 3.36. The van der Waals surface area contributed by atoms with Gasteiger partial charge in [-0.2, -0.15) is 4.68 Å². The first-order valence-corrected chi connectivity index (χ1v) is 8.35. The lowest BCUT2D eigenvalue weighted by molar-refractivity contribution is 0.297. The molecule has 1 aliphatic heterocycles. The first-order valence-electron chi connectivity index (χ1n) is 7.97. The Bertz CT molecular complexity index is 869. The maximum absolute atomic E-state index is 6.35. The first-order chi connectivity index (χ1) is 12.3. The van der Waals surface area contributed by atoms with Crippen LogP contribution in [0.3, 0.4) is 0 Å². The van der Waals surface area contributed by atoms with E-state index in [1.807, 2.05) is 36.4 Å². The van der Waals surface area contributed by atoms with Gasteiger partial charge in [0.05, 0.1) is 36.2 Å². The lowest BCUT2D eigenvalue weighted by Gasteiger charge is -2.13. The monoisotopic (exact) mass is 357 g/mol. The van der Waals surface area contributed by atoms with Crippen LogP contribution in [0, 0.1) is 0 Å². The van der Waals surface area contributed by atoms with E-state index in [9.17, 15) is 0 Å². The van der Waals surface area contributed by atoms with E-state index < -0.39 is 0 Å². The number of nitrogens with one attached hydrogen (secondary N) is 1. The molecule has 4 rings (SSSR count). The van der Waals surface area contributed by atoms with Gasteiger partial charge in [-0.25, -0.2) is 0 Å². The molecule has 1 aromatic heterocycles. The van der Waals surface area contributed by atoms with E-state index >= 15 is 0 Å². The summed E-state index contributed by atoms with van der Waals surface area (Å²) in [7, 11) is 0. The predicted octanol–water partition coefficient (Wildman–Crippen LogP) is 3.09. The third-order valence-electron chi connectivity index (χ3n) is 3.81. The van der Waals surface area contributed by atoms with Gasteiger partial charge in [0.15, 0.2) is 17.3 Å². The maximum atomic E-state index is 6.35. The highest BCUT2D eigenvalue weighted by Gasteiger charge is 2.15. The molecule has 0 saturated carbocycles. The summed E-state index contributed by atoms with van der Waals surface area (Å²) in [5.74, 6) is 2.03. The smallest absolute Gasteiger partial charge is 0.175 e. The van der Waals surface area contributed by atoms with Gasteiger partial charge >= 0.3 is 0 Å². The number of hydrogen-bond acceptors (Lipinski definition) is 6. The van der Waals surface area contributed by atoms with Crippen molar-refractivity contribution in [3.8, 4) is 17.2 Å². The molecular weight excluding hydrogens is 342 g/mol. The molecule has 0 atom stereocenters. The summed E-state index contributed by atoms with van der Waals surface area (Å²) in [5, 5.41) is 15.7. The Labute approximate surface area is 149 Å². The predicted molar refractivity (Wildman–Crippen MR) is 93.5 cm³/mol. The molecule has 0 bridgehead atoms. The van der Waals surface area contributed by atoms with Crippen molar-refractivity contribution in [3.63, 3.8) is 0 Å². The Hall–Kier alpha value is -2.80. The van der Waals surface area contributed by atoms with Gasteiger partial charge < -0.3 is 14.8 Å². The summed E-state index contributed by atoms with van der Waals surface area (Å²) in [6.07, 6.45) is 0.848. The number of nitrogens with zero attached hydrogens (tertiary/aromatic N) is 4. The standard InChI is InChI=1S/C17H16ClN5O2/c18-13-9-15-16(25-8-4-7-24-15)10-14(13)19-11-17-20-21-22-23(17)12-5-2-1-3-6-12/h1-3,5-6,9-10,19H,4,7-8,11H2. The van der Waals surface area contributed by atoms with Gasteiger partial charge in [0.25, 0.3) is 0 Å². The van der Waals surface area contributed by atoms with Crippen molar-refractivity contribution >= 4 is 17.3 Å². The van der Waals surface area contributed by atoms with Crippen molar-refractivity contribution in [2.75, 3.05) is 18.5 Å². The second-order valence-corrected chi connectivity index (χ2v) is 5.93. The van der Waals surface area contributed by atoms with E-state index in [2.05, 4.69) is 20.8 Å². The number of tetrazole rings is 1. The Morgan fingerprint density at radius 2 is 1.84 bits per heavy atom. The van der Waals surface area contributed by atoms with Gasteiger partial charge in [-0.15, -0.1) is 5.10 Å². The Kier molecular flexibility index (Phi) is 4.39. The van der Waals surface area contributed by atoms with Crippen LogP contribution in [-0.2, 0) is 6.54 Å². The molecule has 0 amide bonds. The number of ether oxygens (including phenoxy) is 2. The summed E-state index contributed by atoms with van der Waals surface area (Å²) < 4.78 is 13.0. The normalized spacial score (nSPS) is 13.3. The Balaban J connectivity index is 1.55. The molecular formula is C17H16ClN5O2. The zero-order chi connectivity index (χ0) is 17.1. The zero-order valence-electron chi connectivity index (χ0n) is 13.4. The van der Waals surface area contributed by atoms with Crippen LogP contribution in [0.25, 0.3) is 5.69 Å². The highest BCUT2D eigenvalue weighted by molar-refractivity contribution is 6.33. The molecule has 0 radical (unpaired) electrons. The summed E-state index contributed by atoms with van der Waals surface area (Å²) in [6.45, 7) is 1.67. The molecule has 0 saturated heterocycles. The molecule has 0 fully saturated rings. The zero-order valence-corrected chi connectivity index (χ0v) is 14.1. The molecule has 2 heterocycles. The number of aromatic nitrogens is 4. The van der Waals surface area contributed by atoms with Crippen LogP contribution < -0.4 is 14.8 Å². The van der Waals surface area contributed by atoms with Crippen LogP contribution in [-0.4, -0.2) is 33.4 Å². The van der Waals surface area contributed by atoms with Crippen molar-refractivity contribution in [2.24, 2.45) is 0 Å². The van der Waals surface area contributed by atoms with E-state index in [0.29, 0.717) is 42.1 Å². The summed E-state index contributed by atoms with van der Waals surface area (Å²) in [5.41, 5.74) is 1.64. The van der Waals surface area contributed by atoms with Crippen LogP contribution in [0.5, 0.6) is 11.5 Å². The lowest BCUT2D eigenvalue weighted by atomic mass is 10.2. The van der Waals surface area contributed by atoms with Gasteiger partial charge in [0, 0.05) is 18.6 Å². The van der Waals surface area contributed by atoms with Gasteiger partial charge in [0.1, 0.15) is 0 Å². The lowest BCUT2D eigenvalue weighted by Crippen LogP contribution is -2.09. The molecule has 1 N–H and O–H groups in total. The number of halogens is 1. The quantitative estimate of drug-likeness (QED) is 0.773. The van der Waals surface area contributed by atoms with Gasteiger partial charge in [0.2, 0.25) is 0 Å². The molecule has 128 valence electrons. The molecule has 0 unspecified atom stereocenters. The Morgan fingerprint density at radius 1 is 1.08 bits per heavy atom. The van der Waals surface area contributed by atoms with Crippen LogP contribution in [0.2, 0.25) is 5.02 Å². The fourth-order valence-corrected chi connectivity index (χ4v) is 2.80. The number of para-hydroxylation sites is 1. The minimum Gasteiger partial charge on any atom is -0.490 e. The number of anilines is 1. The van der Waals surface area contributed by atoms with E-state index in [-0.39, 0.29) is 0 Å². The second kappa shape index (κ2) is 6.98. The number of rotatable bonds is 4. The summed E-state index contributed by atoms with van der Waals surface area (Å²) >= 11 is 6.35. The largest absolute Gasteiger partial charge is 0.490 e. The molecule has 25 heavy (non-hydrogen) atoms. The van der Waals surface area contributed by atoms with E-state index in [4.69, 9.17) is 21.1 Å². The minimum atomic E-state index is 0.418. The molecule has 8 heteroatoms. The highest BCUT2D eigenvalue weighted by atomic mass is 35.5. The summed E-state index contributed by atoms with van der Waals surface area (Å²) in [4.78, 5) is 0. The number of benzene rings is 2. The maximum Gasteiger partial charge on any atom is 0.175 e. The van der Waals surface area contributed by atoms with E-state index in [1.54, 1.807) is 10.7 Å². The highest BCUT2D eigenvalue weighted by Crippen LogP contribution is 2.37. The minimum absolute atomic E-state index is 0.418. The molecule has 7 nitrogen and oxygen atoms in total. The number of hydrogen-bond donors (Lipinski definition) is 1. The van der Waals surface area contributed by atoms with Crippen molar-refractivity contribution in [2.45, 2.75) is 13.0 Å². The fourth-order valence-electron chi connectivity index (χ4n) is 2.58. The summed E-state index contributed by atoms with van der Waals surface area (Å²) in [6, 6.07) is 13.3. The van der Waals surface area contributed by atoms with Gasteiger partial charge in [-0.1, -0.05) is 29.8 Å². The van der Waals surface area contributed by atoms with Crippen LogP contribution in [0.4, 0.5) is 5.69 Å². The van der Waals surface area contributed by atoms with Crippen molar-refractivity contribution in [3.05, 3.63) is 53.3 Å². The van der Waals surface area contributed by atoms with Crippen molar-refractivity contribution in [1.29, 1.82) is 0 Å². The molecule has 0 spiro atoms. The average Bonchev–Trinajstić information content (AvgIpc) is 2.99. The fraction of sp³-hybridized carbons (Fsp3) is 0.235.